The first-order chi connectivity index (χ1) is 16.2. The van der Waals surface area contributed by atoms with Crippen molar-refractivity contribution in [1.29, 1.82) is 0 Å². The molecule has 0 aliphatic carbocycles. The fourth-order valence-electron chi connectivity index (χ4n) is 5.18. The molecule has 0 N–H and O–H groups in total. The number of rotatable bonds is 4. The maximum Gasteiger partial charge on any atom is 0.282 e. The second-order valence-corrected chi connectivity index (χ2v) is 9.69. The van der Waals surface area contributed by atoms with E-state index in [1.807, 2.05) is 64.9 Å². The number of nitrogens with zero attached hydrogens (tertiary/aromatic N) is 3. The summed E-state index contributed by atoms with van der Waals surface area (Å²) in [6.07, 6.45) is 4.56. The standard InChI is InChI=1S/C27H25N3O2S/c31-26-24(23-9-6-18-33-23)25(29-17-14-19-7-2-3-8-22(19)29)27(32)30(26)21-12-10-20(11-13-21)28-15-4-1-5-16-28/h2-3,6-13,18H,1,4-5,14-17H2. The van der Waals surface area contributed by atoms with Crippen molar-refractivity contribution >= 4 is 45.8 Å². The number of fused-ring (bicyclic) bond motifs is 1. The van der Waals surface area contributed by atoms with E-state index in [1.165, 1.54) is 41.1 Å². The van der Waals surface area contributed by atoms with Crippen LogP contribution in [0.3, 0.4) is 0 Å². The smallest absolute Gasteiger partial charge is 0.282 e. The minimum atomic E-state index is -0.245. The Morgan fingerprint density at radius 3 is 2.24 bits per heavy atom. The zero-order chi connectivity index (χ0) is 22.4. The molecule has 166 valence electrons. The van der Waals surface area contributed by atoms with E-state index in [0.717, 1.165) is 35.8 Å². The molecule has 2 amide bonds. The molecule has 3 aliphatic heterocycles. The first-order valence-electron chi connectivity index (χ1n) is 11.6. The molecule has 6 heteroatoms. The number of hydrogen-bond donors (Lipinski definition) is 0. The summed E-state index contributed by atoms with van der Waals surface area (Å²) in [7, 11) is 0. The van der Waals surface area contributed by atoms with Gasteiger partial charge >= 0.3 is 0 Å². The third-order valence-electron chi connectivity index (χ3n) is 6.81. The van der Waals surface area contributed by atoms with Crippen LogP contribution in [0.25, 0.3) is 5.57 Å². The third-order valence-corrected chi connectivity index (χ3v) is 7.70. The van der Waals surface area contributed by atoms with Gasteiger partial charge in [-0.2, -0.15) is 0 Å². The van der Waals surface area contributed by atoms with Crippen molar-refractivity contribution in [3.05, 3.63) is 82.2 Å². The van der Waals surface area contributed by atoms with Crippen LogP contribution in [-0.4, -0.2) is 31.4 Å². The zero-order valence-electron chi connectivity index (χ0n) is 18.4. The van der Waals surface area contributed by atoms with E-state index in [1.54, 1.807) is 0 Å². The first kappa shape index (κ1) is 20.2. The van der Waals surface area contributed by atoms with Crippen LogP contribution in [0.2, 0.25) is 0 Å². The van der Waals surface area contributed by atoms with Gasteiger partial charge in [-0.1, -0.05) is 24.3 Å². The van der Waals surface area contributed by atoms with E-state index in [9.17, 15) is 9.59 Å². The monoisotopic (exact) mass is 455 g/mol. The summed E-state index contributed by atoms with van der Waals surface area (Å²) in [5.41, 5.74) is 5.00. The SMILES string of the molecule is O=C1C(c2cccs2)=C(N2CCc3ccccc32)C(=O)N1c1ccc(N2CCCCC2)cc1. The van der Waals surface area contributed by atoms with Crippen molar-refractivity contribution in [2.45, 2.75) is 25.7 Å². The number of para-hydroxylation sites is 1. The van der Waals surface area contributed by atoms with E-state index in [4.69, 9.17) is 0 Å². The number of piperidine rings is 1. The van der Waals surface area contributed by atoms with Crippen molar-refractivity contribution in [1.82, 2.24) is 0 Å². The highest BCUT2D eigenvalue weighted by atomic mass is 32.1. The van der Waals surface area contributed by atoms with Crippen LogP contribution in [0.15, 0.2) is 71.7 Å². The van der Waals surface area contributed by atoms with Gasteiger partial charge in [-0.05, 0) is 73.0 Å². The molecule has 3 aliphatic rings. The number of carbonyl (C=O) groups excluding carboxylic acids is 2. The number of benzene rings is 2. The van der Waals surface area contributed by atoms with Gasteiger partial charge in [0.15, 0.2) is 0 Å². The molecular formula is C27H25N3O2S. The number of carbonyl (C=O) groups is 2. The second kappa shape index (κ2) is 8.19. The highest BCUT2D eigenvalue weighted by molar-refractivity contribution is 7.11. The number of thiophene rings is 1. The fourth-order valence-corrected chi connectivity index (χ4v) is 5.94. The Balaban J connectivity index is 1.38. The Morgan fingerprint density at radius 2 is 1.48 bits per heavy atom. The van der Waals surface area contributed by atoms with Gasteiger partial charge in [0.25, 0.3) is 11.8 Å². The second-order valence-electron chi connectivity index (χ2n) is 8.74. The van der Waals surface area contributed by atoms with Crippen molar-refractivity contribution in [3.63, 3.8) is 0 Å². The van der Waals surface area contributed by atoms with Crippen molar-refractivity contribution in [2.24, 2.45) is 0 Å². The number of imide groups is 1. The van der Waals surface area contributed by atoms with Crippen molar-refractivity contribution < 1.29 is 9.59 Å². The molecule has 0 saturated carbocycles. The molecule has 3 aromatic rings. The van der Waals surface area contributed by atoms with Gasteiger partial charge in [-0.15, -0.1) is 11.3 Å². The van der Waals surface area contributed by atoms with Gasteiger partial charge in [-0.25, -0.2) is 4.90 Å². The molecule has 1 fully saturated rings. The van der Waals surface area contributed by atoms with E-state index in [2.05, 4.69) is 11.0 Å². The fraction of sp³-hybridized carbons (Fsp3) is 0.259. The number of amides is 2. The highest BCUT2D eigenvalue weighted by Crippen LogP contribution is 2.41. The van der Waals surface area contributed by atoms with Gasteiger partial charge in [0.1, 0.15) is 5.70 Å². The lowest BCUT2D eigenvalue weighted by molar-refractivity contribution is -0.120. The Kier molecular flexibility index (Phi) is 5.03. The van der Waals surface area contributed by atoms with E-state index in [-0.39, 0.29) is 11.8 Å². The quantitative estimate of drug-likeness (QED) is 0.515. The maximum atomic E-state index is 13.8. The van der Waals surface area contributed by atoms with Crippen LogP contribution in [0.4, 0.5) is 17.1 Å². The minimum absolute atomic E-state index is 0.243. The van der Waals surface area contributed by atoms with Crippen LogP contribution in [0.5, 0.6) is 0 Å². The molecule has 0 atom stereocenters. The predicted octanol–water partition coefficient (Wildman–Crippen LogP) is 5.09. The van der Waals surface area contributed by atoms with Gasteiger partial charge in [0.05, 0.1) is 11.3 Å². The molecular weight excluding hydrogens is 430 g/mol. The average molecular weight is 456 g/mol. The normalized spacial score (nSPS) is 18.5. The lowest BCUT2D eigenvalue weighted by Gasteiger charge is -2.29. The summed E-state index contributed by atoms with van der Waals surface area (Å²) in [6, 6.07) is 19.9. The minimum Gasteiger partial charge on any atom is -0.372 e. The van der Waals surface area contributed by atoms with Crippen molar-refractivity contribution in [2.75, 3.05) is 34.3 Å². The van der Waals surface area contributed by atoms with Crippen LogP contribution in [-0.2, 0) is 16.0 Å². The molecule has 1 saturated heterocycles. The zero-order valence-corrected chi connectivity index (χ0v) is 19.2. The Bertz CT molecular complexity index is 1240. The topological polar surface area (TPSA) is 43.9 Å². The van der Waals surface area contributed by atoms with Gasteiger partial charge in [0, 0.05) is 35.9 Å². The number of anilines is 3. The van der Waals surface area contributed by atoms with Crippen LogP contribution < -0.4 is 14.7 Å². The summed E-state index contributed by atoms with van der Waals surface area (Å²) in [5, 5.41) is 1.95. The lowest BCUT2D eigenvalue weighted by atomic mass is 10.1. The summed E-state index contributed by atoms with van der Waals surface area (Å²) in [4.78, 5) is 34.1. The van der Waals surface area contributed by atoms with Gasteiger partial charge in [0.2, 0.25) is 0 Å². The average Bonchev–Trinajstić information content (AvgIpc) is 3.58. The molecule has 33 heavy (non-hydrogen) atoms. The molecule has 0 spiro atoms. The van der Waals surface area contributed by atoms with Crippen LogP contribution in [0, 0.1) is 0 Å². The van der Waals surface area contributed by atoms with Gasteiger partial charge in [-0.3, -0.25) is 9.59 Å². The number of hydrogen-bond acceptors (Lipinski definition) is 5. The van der Waals surface area contributed by atoms with Crippen LogP contribution >= 0.6 is 11.3 Å². The predicted molar refractivity (Wildman–Crippen MR) is 134 cm³/mol. The largest absolute Gasteiger partial charge is 0.372 e. The summed E-state index contributed by atoms with van der Waals surface area (Å²) < 4.78 is 0. The molecule has 0 unspecified atom stereocenters. The van der Waals surface area contributed by atoms with Crippen LogP contribution in [0.1, 0.15) is 29.7 Å². The van der Waals surface area contributed by atoms with E-state index >= 15 is 0 Å². The first-order valence-corrected chi connectivity index (χ1v) is 12.5. The Labute approximate surface area is 197 Å². The van der Waals surface area contributed by atoms with E-state index < -0.39 is 0 Å². The molecule has 4 heterocycles. The summed E-state index contributed by atoms with van der Waals surface area (Å²) in [5.74, 6) is -0.488. The van der Waals surface area contributed by atoms with E-state index in [0.29, 0.717) is 23.5 Å². The maximum absolute atomic E-state index is 13.8. The Hall–Kier alpha value is -3.38. The van der Waals surface area contributed by atoms with Gasteiger partial charge < -0.3 is 9.80 Å². The molecule has 5 nitrogen and oxygen atoms in total. The molecule has 1 aromatic heterocycles. The van der Waals surface area contributed by atoms with Crippen molar-refractivity contribution in [3.8, 4) is 0 Å². The highest BCUT2D eigenvalue weighted by Gasteiger charge is 2.44. The molecule has 2 aromatic carbocycles. The lowest BCUT2D eigenvalue weighted by Crippen LogP contribution is -2.35. The Morgan fingerprint density at radius 1 is 0.727 bits per heavy atom. The third kappa shape index (κ3) is 3.37. The molecule has 6 rings (SSSR count). The summed E-state index contributed by atoms with van der Waals surface area (Å²) >= 11 is 1.50. The summed E-state index contributed by atoms with van der Waals surface area (Å²) in [6.45, 7) is 2.82. The molecule has 0 bridgehead atoms. The molecule has 0 radical (unpaired) electrons.